The van der Waals surface area contributed by atoms with Crippen LogP contribution in [0.4, 0.5) is 0 Å². The van der Waals surface area contributed by atoms with E-state index in [1.54, 1.807) is 13.0 Å². The summed E-state index contributed by atoms with van der Waals surface area (Å²) in [7, 11) is 0. The topological polar surface area (TPSA) is 73.5 Å². The Morgan fingerprint density at radius 3 is 2.85 bits per heavy atom. The highest BCUT2D eigenvalue weighted by atomic mass is 16.4. The highest BCUT2D eigenvalue weighted by Crippen LogP contribution is 2.02. The van der Waals surface area contributed by atoms with Gasteiger partial charge in [-0.3, -0.25) is 9.79 Å². The molecule has 13 heavy (non-hydrogen) atoms. The number of hydrogen-bond acceptors (Lipinski definition) is 3. The Kier molecular flexibility index (Phi) is 5.81. The predicted octanol–water partition coefficient (Wildman–Crippen LogP) is 1.52. The minimum atomic E-state index is -0.942. The summed E-state index contributed by atoms with van der Waals surface area (Å²) in [6.45, 7) is 1.70. The van der Waals surface area contributed by atoms with E-state index in [-0.39, 0.29) is 6.42 Å². The van der Waals surface area contributed by atoms with Crippen molar-refractivity contribution in [1.29, 1.82) is 5.26 Å². The molecule has 0 heterocycles. The number of rotatable bonds is 4. The molecular formula is C9H10N2O2. The Hall–Kier alpha value is -1.89. The SMILES string of the molecule is CC=N/C(=C\C=C\C#N)CC(=O)O. The molecule has 0 unspecified atom stereocenters. The lowest BCUT2D eigenvalue weighted by Gasteiger charge is -1.93. The maximum atomic E-state index is 10.3. The van der Waals surface area contributed by atoms with E-state index < -0.39 is 5.97 Å². The number of hydrogen-bond donors (Lipinski definition) is 1. The van der Waals surface area contributed by atoms with Crippen LogP contribution in [0.5, 0.6) is 0 Å². The van der Waals surface area contributed by atoms with Crippen molar-refractivity contribution >= 4 is 12.2 Å². The third-order valence-electron chi connectivity index (χ3n) is 1.09. The number of aliphatic imine (C=N–C) groups is 1. The quantitative estimate of drug-likeness (QED) is 0.403. The first-order valence-electron chi connectivity index (χ1n) is 3.66. The second-order valence-corrected chi connectivity index (χ2v) is 2.10. The van der Waals surface area contributed by atoms with Crippen LogP contribution in [-0.4, -0.2) is 17.3 Å². The third-order valence-corrected chi connectivity index (χ3v) is 1.09. The van der Waals surface area contributed by atoms with E-state index in [4.69, 9.17) is 10.4 Å². The zero-order valence-corrected chi connectivity index (χ0v) is 7.27. The van der Waals surface area contributed by atoms with Crippen molar-refractivity contribution < 1.29 is 9.90 Å². The van der Waals surface area contributed by atoms with Crippen LogP contribution in [-0.2, 0) is 4.79 Å². The number of aliphatic carboxylic acids is 1. The zero-order valence-electron chi connectivity index (χ0n) is 7.27. The average molecular weight is 178 g/mol. The lowest BCUT2D eigenvalue weighted by Crippen LogP contribution is -1.95. The molecule has 0 aliphatic carbocycles. The number of carboxylic acid groups (broad SMARTS) is 1. The third kappa shape index (κ3) is 6.51. The molecule has 0 saturated carbocycles. The molecule has 0 rings (SSSR count). The van der Waals surface area contributed by atoms with E-state index in [2.05, 4.69) is 4.99 Å². The molecule has 0 aliphatic heterocycles. The van der Waals surface area contributed by atoms with Crippen molar-refractivity contribution in [3.63, 3.8) is 0 Å². The fourth-order valence-corrected chi connectivity index (χ4v) is 0.671. The summed E-state index contributed by atoms with van der Waals surface area (Å²) in [5.74, 6) is -0.942. The molecule has 0 aromatic rings. The van der Waals surface area contributed by atoms with Gasteiger partial charge in [-0.1, -0.05) is 0 Å². The Labute approximate surface area is 76.5 Å². The van der Waals surface area contributed by atoms with Gasteiger partial charge >= 0.3 is 5.97 Å². The van der Waals surface area contributed by atoms with Crippen molar-refractivity contribution in [1.82, 2.24) is 0 Å². The molecule has 1 N–H and O–H groups in total. The molecule has 0 atom stereocenters. The lowest BCUT2D eigenvalue weighted by molar-refractivity contribution is -0.136. The fourth-order valence-electron chi connectivity index (χ4n) is 0.671. The Bertz CT molecular complexity index is 295. The second-order valence-electron chi connectivity index (χ2n) is 2.10. The van der Waals surface area contributed by atoms with Crippen molar-refractivity contribution in [2.45, 2.75) is 13.3 Å². The van der Waals surface area contributed by atoms with Gasteiger partial charge in [0.1, 0.15) is 0 Å². The summed E-state index contributed by atoms with van der Waals surface area (Å²) >= 11 is 0. The first kappa shape index (κ1) is 11.1. The van der Waals surface area contributed by atoms with Crippen molar-refractivity contribution in [2.75, 3.05) is 0 Å². The molecule has 0 bridgehead atoms. The van der Waals surface area contributed by atoms with Gasteiger partial charge < -0.3 is 5.11 Å². The Morgan fingerprint density at radius 2 is 2.38 bits per heavy atom. The van der Waals surface area contributed by atoms with Crippen LogP contribution in [0.25, 0.3) is 0 Å². The zero-order chi connectivity index (χ0) is 10.1. The number of nitriles is 1. The van der Waals surface area contributed by atoms with Crippen LogP contribution in [0.15, 0.2) is 28.9 Å². The molecule has 0 amide bonds. The normalized spacial score (nSPS) is 12.2. The molecule has 0 aliphatic rings. The Morgan fingerprint density at radius 1 is 1.69 bits per heavy atom. The predicted molar refractivity (Wildman–Crippen MR) is 49.3 cm³/mol. The van der Waals surface area contributed by atoms with Gasteiger partial charge in [0.05, 0.1) is 18.2 Å². The number of carbonyl (C=O) groups is 1. The van der Waals surface area contributed by atoms with Crippen LogP contribution < -0.4 is 0 Å². The van der Waals surface area contributed by atoms with E-state index >= 15 is 0 Å². The van der Waals surface area contributed by atoms with Crippen LogP contribution in [0.2, 0.25) is 0 Å². The fraction of sp³-hybridized carbons (Fsp3) is 0.222. The molecule has 0 spiro atoms. The summed E-state index contributed by atoms with van der Waals surface area (Å²) in [4.78, 5) is 14.1. The molecule has 0 radical (unpaired) electrons. The summed E-state index contributed by atoms with van der Waals surface area (Å²) in [6.07, 6.45) is 5.59. The van der Waals surface area contributed by atoms with Crippen molar-refractivity contribution in [3.05, 3.63) is 23.9 Å². The number of allylic oxidation sites excluding steroid dienone is 3. The molecule has 0 aromatic heterocycles. The first-order valence-corrected chi connectivity index (χ1v) is 3.66. The van der Waals surface area contributed by atoms with E-state index in [1.807, 2.05) is 0 Å². The largest absolute Gasteiger partial charge is 0.481 e. The Balaban J connectivity index is 4.42. The maximum absolute atomic E-state index is 10.3. The maximum Gasteiger partial charge on any atom is 0.309 e. The van der Waals surface area contributed by atoms with Gasteiger partial charge in [0.25, 0.3) is 0 Å². The number of carboxylic acids is 1. The lowest BCUT2D eigenvalue weighted by atomic mass is 10.3. The van der Waals surface area contributed by atoms with E-state index in [9.17, 15) is 4.79 Å². The second kappa shape index (κ2) is 6.80. The number of nitrogens with zero attached hydrogens (tertiary/aromatic N) is 2. The van der Waals surface area contributed by atoms with E-state index in [0.717, 1.165) is 0 Å². The summed E-state index contributed by atoms with van der Waals surface area (Å²) in [5, 5.41) is 16.6. The average Bonchev–Trinajstić information content (AvgIpc) is 2.04. The van der Waals surface area contributed by atoms with Gasteiger partial charge in [0.15, 0.2) is 0 Å². The van der Waals surface area contributed by atoms with E-state index in [1.165, 1.54) is 24.4 Å². The van der Waals surface area contributed by atoms with Gasteiger partial charge in [-0.25, -0.2) is 0 Å². The van der Waals surface area contributed by atoms with Crippen LogP contribution in [0, 0.1) is 11.3 Å². The van der Waals surface area contributed by atoms with Crippen molar-refractivity contribution in [3.8, 4) is 6.07 Å². The van der Waals surface area contributed by atoms with Gasteiger partial charge in [0, 0.05) is 12.3 Å². The molecule has 0 saturated heterocycles. The monoisotopic (exact) mass is 178 g/mol. The van der Waals surface area contributed by atoms with Gasteiger partial charge in [-0.05, 0) is 19.1 Å². The highest BCUT2D eigenvalue weighted by molar-refractivity contribution is 5.71. The van der Waals surface area contributed by atoms with Crippen LogP contribution in [0.1, 0.15) is 13.3 Å². The van der Waals surface area contributed by atoms with Gasteiger partial charge in [-0.2, -0.15) is 5.26 Å². The molecule has 0 aromatic carbocycles. The van der Waals surface area contributed by atoms with Gasteiger partial charge in [-0.15, -0.1) is 0 Å². The molecule has 68 valence electrons. The molecule has 0 fully saturated rings. The smallest absolute Gasteiger partial charge is 0.309 e. The van der Waals surface area contributed by atoms with Crippen molar-refractivity contribution in [2.24, 2.45) is 4.99 Å². The molecule has 4 nitrogen and oxygen atoms in total. The molecule has 4 heteroatoms. The molecular weight excluding hydrogens is 168 g/mol. The van der Waals surface area contributed by atoms with Crippen LogP contribution >= 0.6 is 0 Å². The van der Waals surface area contributed by atoms with Crippen LogP contribution in [0.3, 0.4) is 0 Å². The summed E-state index contributed by atoms with van der Waals surface area (Å²) in [5.41, 5.74) is 0.418. The van der Waals surface area contributed by atoms with Gasteiger partial charge in [0.2, 0.25) is 0 Å². The summed E-state index contributed by atoms with van der Waals surface area (Å²) in [6, 6.07) is 1.79. The van der Waals surface area contributed by atoms with E-state index in [0.29, 0.717) is 5.70 Å². The highest BCUT2D eigenvalue weighted by Gasteiger charge is 1.99. The first-order chi connectivity index (χ1) is 6.20. The minimum absolute atomic E-state index is 0.139. The summed E-state index contributed by atoms with van der Waals surface area (Å²) < 4.78 is 0. The standard InChI is InChI=1S/C9H10N2O2/c1-2-11-8(7-9(12)13)5-3-4-6-10/h2-5H,7H2,1H3,(H,12,13)/b4-3+,8-5-,11-2?. The minimum Gasteiger partial charge on any atom is -0.481 e.